The van der Waals surface area contributed by atoms with Gasteiger partial charge in [-0.05, 0) is 46.0 Å². The Hall–Kier alpha value is -0.900. The van der Waals surface area contributed by atoms with Crippen molar-refractivity contribution in [3.63, 3.8) is 0 Å². The Balaban J connectivity index is 2.07. The lowest BCUT2D eigenvalue weighted by Gasteiger charge is -2.37. The van der Waals surface area contributed by atoms with Crippen LogP contribution in [0.25, 0.3) is 0 Å². The summed E-state index contributed by atoms with van der Waals surface area (Å²) in [4.78, 5) is 26.9. The van der Waals surface area contributed by atoms with Gasteiger partial charge in [0, 0.05) is 6.04 Å². The second-order valence-electron chi connectivity index (χ2n) is 7.75. The maximum atomic E-state index is 12.8. The van der Waals surface area contributed by atoms with E-state index in [0.717, 1.165) is 6.42 Å². The second-order valence-corrected chi connectivity index (χ2v) is 7.75. The van der Waals surface area contributed by atoms with Crippen molar-refractivity contribution in [2.24, 2.45) is 23.7 Å². The van der Waals surface area contributed by atoms with Gasteiger partial charge in [0.1, 0.15) is 0 Å². The van der Waals surface area contributed by atoms with E-state index in [4.69, 9.17) is 4.74 Å². The lowest BCUT2D eigenvalue weighted by atomic mass is 9.61. The van der Waals surface area contributed by atoms with Gasteiger partial charge in [-0.25, -0.2) is 0 Å². The summed E-state index contributed by atoms with van der Waals surface area (Å²) in [7, 11) is 0. The van der Waals surface area contributed by atoms with Crippen LogP contribution in [0.3, 0.4) is 0 Å². The van der Waals surface area contributed by atoms with Crippen molar-refractivity contribution in [2.45, 2.75) is 65.2 Å². The summed E-state index contributed by atoms with van der Waals surface area (Å²) in [6, 6.07) is -0.0651. The van der Waals surface area contributed by atoms with Gasteiger partial charge in [0.25, 0.3) is 0 Å². The second kappa shape index (κ2) is 3.85. The van der Waals surface area contributed by atoms with E-state index in [0.29, 0.717) is 11.8 Å². The van der Waals surface area contributed by atoms with Crippen LogP contribution in [0.2, 0.25) is 0 Å². The van der Waals surface area contributed by atoms with Crippen LogP contribution in [0, 0.1) is 23.7 Å². The summed E-state index contributed by atoms with van der Waals surface area (Å²) in [5.41, 5.74) is -0.950. The molecule has 2 bridgehead atoms. The Labute approximate surface area is 120 Å². The molecule has 0 aliphatic carbocycles. The number of imide groups is 1. The fraction of sp³-hybridized carbons (Fsp3) is 0.875. The highest BCUT2D eigenvalue weighted by Crippen LogP contribution is 2.64. The highest BCUT2D eigenvalue weighted by atomic mass is 16.5. The van der Waals surface area contributed by atoms with Gasteiger partial charge in [-0.1, -0.05) is 13.8 Å². The Morgan fingerprint density at radius 1 is 1.10 bits per heavy atom. The van der Waals surface area contributed by atoms with Gasteiger partial charge in [0.2, 0.25) is 11.8 Å². The highest BCUT2D eigenvalue weighted by molar-refractivity contribution is 6.07. The minimum Gasteiger partial charge on any atom is -0.367 e. The number of hydrogen-bond acceptors (Lipinski definition) is 3. The molecular formula is C16H25NO3. The van der Waals surface area contributed by atoms with Crippen molar-refractivity contribution in [3.8, 4) is 0 Å². The van der Waals surface area contributed by atoms with Gasteiger partial charge < -0.3 is 4.74 Å². The molecule has 3 heterocycles. The molecule has 5 unspecified atom stereocenters. The van der Waals surface area contributed by atoms with Crippen molar-refractivity contribution in [2.75, 3.05) is 0 Å². The quantitative estimate of drug-likeness (QED) is 0.728. The van der Waals surface area contributed by atoms with Crippen LogP contribution in [0.4, 0.5) is 0 Å². The molecular weight excluding hydrogens is 254 g/mol. The zero-order valence-electron chi connectivity index (χ0n) is 13.3. The summed E-state index contributed by atoms with van der Waals surface area (Å²) >= 11 is 0. The van der Waals surface area contributed by atoms with Crippen LogP contribution in [0.1, 0.15) is 48.0 Å². The van der Waals surface area contributed by atoms with Crippen LogP contribution in [0.15, 0.2) is 0 Å². The van der Waals surface area contributed by atoms with Gasteiger partial charge in [-0.3, -0.25) is 14.5 Å². The number of rotatable bonds is 2. The first-order valence-corrected chi connectivity index (χ1v) is 7.70. The van der Waals surface area contributed by atoms with Crippen LogP contribution >= 0.6 is 0 Å². The highest BCUT2D eigenvalue weighted by Gasteiger charge is 2.75. The third-order valence-electron chi connectivity index (χ3n) is 5.75. The van der Waals surface area contributed by atoms with E-state index in [9.17, 15) is 9.59 Å². The molecule has 0 spiro atoms. The summed E-state index contributed by atoms with van der Waals surface area (Å²) < 4.78 is 6.29. The molecule has 0 aromatic heterocycles. The van der Waals surface area contributed by atoms with Crippen LogP contribution in [0.5, 0.6) is 0 Å². The van der Waals surface area contributed by atoms with E-state index in [1.807, 2.05) is 27.7 Å². The van der Waals surface area contributed by atoms with E-state index in [1.165, 1.54) is 4.90 Å². The fourth-order valence-corrected chi connectivity index (χ4v) is 5.03. The Kier molecular flexibility index (Phi) is 2.70. The molecule has 0 aromatic rings. The van der Waals surface area contributed by atoms with Gasteiger partial charge in [-0.15, -0.1) is 0 Å². The molecule has 3 fully saturated rings. The third kappa shape index (κ3) is 1.41. The van der Waals surface area contributed by atoms with Crippen LogP contribution < -0.4 is 0 Å². The van der Waals surface area contributed by atoms with Crippen molar-refractivity contribution < 1.29 is 14.3 Å². The van der Waals surface area contributed by atoms with Crippen molar-refractivity contribution >= 4 is 11.8 Å². The average molecular weight is 279 g/mol. The zero-order valence-corrected chi connectivity index (χ0v) is 13.3. The maximum absolute atomic E-state index is 12.8. The predicted octanol–water partition coefficient (Wildman–Crippen LogP) is 2.22. The summed E-state index contributed by atoms with van der Waals surface area (Å²) in [6.07, 6.45) is 0.882. The normalized spacial score (nSPS) is 47.0. The van der Waals surface area contributed by atoms with E-state index >= 15 is 0 Å². The van der Waals surface area contributed by atoms with Crippen molar-refractivity contribution in [1.82, 2.24) is 4.90 Å². The van der Waals surface area contributed by atoms with E-state index < -0.39 is 11.2 Å². The molecule has 20 heavy (non-hydrogen) atoms. The number of hydrogen-bond donors (Lipinski definition) is 0. The van der Waals surface area contributed by atoms with E-state index in [2.05, 4.69) is 13.8 Å². The lowest BCUT2D eigenvalue weighted by molar-refractivity contribution is -0.150. The topological polar surface area (TPSA) is 46.6 Å². The number of likely N-dealkylation sites (tertiary alicyclic amines) is 1. The fourth-order valence-electron chi connectivity index (χ4n) is 5.03. The molecule has 2 amide bonds. The largest absolute Gasteiger partial charge is 0.367 e. The Morgan fingerprint density at radius 3 is 2.15 bits per heavy atom. The molecule has 0 radical (unpaired) electrons. The molecule has 4 nitrogen and oxygen atoms in total. The summed E-state index contributed by atoms with van der Waals surface area (Å²) in [5, 5.41) is 0. The first-order chi connectivity index (χ1) is 9.13. The standard InChI is InChI=1S/C16H25NO3/c1-8(2)10-7-15(5)11-12(16(10,6)20-15)14(19)17(9(3)4)13(11)18/h8-12H,7H2,1-6H3. The minimum absolute atomic E-state index is 0.0217. The monoisotopic (exact) mass is 279 g/mol. The molecule has 3 saturated heterocycles. The SMILES string of the molecule is CC(C)C1CC2(C)OC1(C)C1C(=O)N(C(C)C)C(=O)C12. The molecule has 5 atom stereocenters. The third-order valence-corrected chi connectivity index (χ3v) is 5.75. The van der Waals surface area contributed by atoms with Gasteiger partial charge in [0.15, 0.2) is 0 Å². The predicted molar refractivity (Wildman–Crippen MR) is 74.8 cm³/mol. The molecule has 3 aliphatic rings. The minimum atomic E-state index is -0.482. The van der Waals surface area contributed by atoms with E-state index in [1.54, 1.807) is 0 Å². The van der Waals surface area contributed by atoms with Crippen molar-refractivity contribution in [3.05, 3.63) is 0 Å². The lowest BCUT2D eigenvalue weighted by Crippen LogP contribution is -2.47. The van der Waals surface area contributed by atoms with Crippen LogP contribution in [-0.4, -0.2) is 34.0 Å². The number of amides is 2. The number of ether oxygens (including phenoxy) is 1. The Bertz CT molecular complexity index is 486. The molecule has 3 rings (SSSR count). The van der Waals surface area contributed by atoms with Crippen molar-refractivity contribution in [1.29, 1.82) is 0 Å². The zero-order chi connectivity index (χ0) is 15.0. The van der Waals surface area contributed by atoms with E-state index in [-0.39, 0.29) is 29.7 Å². The summed E-state index contributed by atoms with van der Waals surface area (Å²) in [6.45, 7) is 12.2. The molecule has 3 aliphatic heterocycles. The summed E-state index contributed by atoms with van der Waals surface area (Å²) in [5.74, 6) is 0.187. The smallest absolute Gasteiger partial charge is 0.236 e. The average Bonchev–Trinajstić information content (AvgIpc) is 2.81. The molecule has 0 N–H and O–H groups in total. The van der Waals surface area contributed by atoms with Gasteiger partial charge in [-0.2, -0.15) is 0 Å². The Morgan fingerprint density at radius 2 is 1.65 bits per heavy atom. The molecule has 4 heteroatoms. The number of nitrogens with zero attached hydrogens (tertiary/aromatic N) is 1. The molecule has 0 aromatic carbocycles. The van der Waals surface area contributed by atoms with Crippen LogP contribution in [-0.2, 0) is 14.3 Å². The maximum Gasteiger partial charge on any atom is 0.236 e. The van der Waals surface area contributed by atoms with Gasteiger partial charge in [0.05, 0.1) is 23.0 Å². The van der Waals surface area contributed by atoms with Gasteiger partial charge >= 0.3 is 0 Å². The molecule has 0 saturated carbocycles. The first-order valence-electron chi connectivity index (χ1n) is 7.70. The molecule has 112 valence electrons. The first kappa shape index (κ1) is 14.1. The number of fused-ring (bicyclic) bond motifs is 5. The number of carbonyl (C=O) groups is 2. The number of carbonyl (C=O) groups excluding carboxylic acids is 2.